The minimum atomic E-state index is -0.745. The van der Waals surface area contributed by atoms with Crippen molar-refractivity contribution in [1.29, 1.82) is 0 Å². The summed E-state index contributed by atoms with van der Waals surface area (Å²) in [7, 11) is 3.04. The molecule has 0 aromatic rings. The fourth-order valence-electron chi connectivity index (χ4n) is 1.28. The monoisotopic (exact) mass is 172 g/mol. The molecule has 0 bridgehead atoms. The van der Waals surface area contributed by atoms with E-state index in [1.165, 1.54) is 12.2 Å². The number of rotatable bonds is 3. The van der Waals surface area contributed by atoms with E-state index in [9.17, 15) is 4.79 Å². The predicted octanol–water partition coefficient (Wildman–Crippen LogP) is 0.134. The summed E-state index contributed by atoms with van der Waals surface area (Å²) in [5.41, 5.74) is 5.13. The molecule has 1 aliphatic rings. The molecule has 1 aliphatic carbocycles. The number of carbonyl (C=O) groups is 1. The molecule has 4 nitrogen and oxygen atoms in total. The molecule has 0 radical (unpaired) electrons. The number of nitrogens with zero attached hydrogens (tertiary/aromatic N) is 1. The summed E-state index contributed by atoms with van der Waals surface area (Å²) in [5, 5.41) is 1.19. The molecule has 12 heavy (non-hydrogen) atoms. The van der Waals surface area contributed by atoms with Crippen LogP contribution in [0, 0.1) is 5.92 Å². The van der Waals surface area contributed by atoms with Crippen molar-refractivity contribution < 1.29 is 9.63 Å². The lowest BCUT2D eigenvalue weighted by Gasteiger charge is -2.27. The second kappa shape index (κ2) is 3.03. The Bertz CT molecular complexity index is 187. The number of likely N-dealkylation sites (N-methyl/N-ethyl adjacent to an activating group) is 1. The molecule has 0 saturated heterocycles. The first-order valence-electron chi connectivity index (χ1n) is 4.11. The molecule has 4 heteroatoms. The molecule has 1 unspecified atom stereocenters. The lowest BCUT2D eigenvalue weighted by Crippen LogP contribution is -2.53. The topological polar surface area (TPSA) is 55.6 Å². The molecule has 0 heterocycles. The van der Waals surface area contributed by atoms with Crippen molar-refractivity contribution in [2.24, 2.45) is 11.7 Å². The molecular formula is C8H16N2O2. The van der Waals surface area contributed by atoms with Crippen LogP contribution in [0.5, 0.6) is 0 Å². The third-order valence-corrected chi connectivity index (χ3v) is 2.45. The van der Waals surface area contributed by atoms with Gasteiger partial charge in [-0.15, -0.1) is 0 Å². The van der Waals surface area contributed by atoms with Gasteiger partial charge >= 0.3 is 0 Å². The zero-order chi connectivity index (χ0) is 9.35. The van der Waals surface area contributed by atoms with Crippen LogP contribution in [0.2, 0.25) is 0 Å². The second-order valence-electron chi connectivity index (χ2n) is 3.54. The maximum absolute atomic E-state index is 11.6. The standard InChI is InChI=1S/C8H16N2O2/c1-8(9,6-4-5-6)7(11)10(2)12-3/h6H,4-5,9H2,1-3H3. The number of hydroxylamine groups is 2. The zero-order valence-electron chi connectivity index (χ0n) is 7.83. The maximum Gasteiger partial charge on any atom is 0.265 e. The van der Waals surface area contributed by atoms with Gasteiger partial charge in [-0.3, -0.25) is 9.63 Å². The van der Waals surface area contributed by atoms with Crippen molar-refractivity contribution in [3.8, 4) is 0 Å². The van der Waals surface area contributed by atoms with Crippen LogP contribution in [0.15, 0.2) is 0 Å². The minimum Gasteiger partial charge on any atom is -0.317 e. The highest BCUT2D eigenvalue weighted by atomic mass is 16.7. The number of amides is 1. The predicted molar refractivity (Wildman–Crippen MR) is 45.1 cm³/mol. The van der Waals surface area contributed by atoms with Gasteiger partial charge in [0.05, 0.1) is 12.6 Å². The molecule has 1 saturated carbocycles. The van der Waals surface area contributed by atoms with Crippen molar-refractivity contribution >= 4 is 5.91 Å². The molecule has 0 aliphatic heterocycles. The summed E-state index contributed by atoms with van der Waals surface area (Å²) in [5.74, 6) is 0.190. The molecule has 0 spiro atoms. The van der Waals surface area contributed by atoms with Gasteiger partial charge in [0.1, 0.15) is 0 Å². The summed E-state index contributed by atoms with van der Waals surface area (Å²) < 4.78 is 0. The highest BCUT2D eigenvalue weighted by Crippen LogP contribution is 2.38. The second-order valence-corrected chi connectivity index (χ2v) is 3.54. The lowest BCUT2D eigenvalue weighted by molar-refractivity contribution is -0.175. The first-order chi connectivity index (χ1) is 5.50. The summed E-state index contributed by atoms with van der Waals surface area (Å²) in [4.78, 5) is 16.3. The van der Waals surface area contributed by atoms with Crippen LogP contribution in [-0.4, -0.2) is 30.7 Å². The Hall–Kier alpha value is -0.610. The van der Waals surface area contributed by atoms with Crippen LogP contribution >= 0.6 is 0 Å². The zero-order valence-corrected chi connectivity index (χ0v) is 7.83. The fourth-order valence-corrected chi connectivity index (χ4v) is 1.28. The van der Waals surface area contributed by atoms with Crippen molar-refractivity contribution in [2.75, 3.05) is 14.2 Å². The smallest absolute Gasteiger partial charge is 0.265 e. The van der Waals surface area contributed by atoms with Crippen molar-refractivity contribution in [2.45, 2.75) is 25.3 Å². The first kappa shape index (κ1) is 9.48. The number of carbonyl (C=O) groups excluding carboxylic acids is 1. The Morgan fingerprint density at radius 3 is 2.50 bits per heavy atom. The Balaban J connectivity index is 2.60. The molecule has 1 amide bonds. The highest BCUT2D eigenvalue weighted by Gasteiger charge is 2.45. The minimum absolute atomic E-state index is 0.146. The Kier molecular flexibility index (Phi) is 2.39. The van der Waals surface area contributed by atoms with Gasteiger partial charge in [0, 0.05) is 7.05 Å². The summed E-state index contributed by atoms with van der Waals surface area (Å²) >= 11 is 0. The van der Waals surface area contributed by atoms with E-state index in [2.05, 4.69) is 0 Å². The van der Waals surface area contributed by atoms with Gasteiger partial charge in [-0.05, 0) is 25.7 Å². The van der Waals surface area contributed by atoms with Gasteiger partial charge < -0.3 is 5.73 Å². The van der Waals surface area contributed by atoms with Crippen molar-refractivity contribution in [3.05, 3.63) is 0 Å². The SMILES string of the molecule is CON(C)C(=O)C(C)(N)C1CC1. The van der Waals surface area contributed by atoms with E-state index in [0.29, 0.717) is 5.92 Å². The molecule has 2 N–H and O–H groups in total. The molecule has 70 valence electrons. The fraction of sp³-hybridized carbons (Fsp3) is 0.875. The van der Waals surface area contributed by atoms with Crippen LogP contribution in [0.4, 0.5) is 0 Å². The van der Waals surface area contributed by atoms with Crippen LogP contribution in [0.25, 0.3) is 0 Å². The summed E-state index contributed by atoms with van der Waals surface area (Å²) in [6, 6.07) is 0. The van der Waals surface area contributed by atoms with Crippen molar-refractivity contribution in [1.82, 2.24) is 5.06 Å². The van der Waals surface area contributed by atoms with Gasteiger partial charge in [-0.2, -0.15) is 0 Å². The van der Waals surface area contributed by atoms with Crippen molar-refractivity contribution in [3.63, 3.8) is 0 Å². The highest BCUT2D eigenvalue weighted by molar-refractivity contribution is 5.85. The van der Waals surface area contributed by atoms with Crippen LogP contribution in [0.3, 0.4) is 0 Å². The largest absolute Gasteiger partial charge is 0.317 e. The molecule has 1 fully saturated rings. The lowest BCUT2D eigenvalue weighted by atomic mass is 9.96. The van der Waals surface area contributed by atoms with E-state index >= 15 is 0 Å². The van der Waals surface area contributed by atoms with Gasteiger partial charge in [0.2, 0.25) is 0 Å². The van der Waals surface area contributed by atoms with E-state index in [0.717, 1.165) is 12.8 Å². The third kappa shape index (κ3) is 1.59. The first-order valence-corrected chi connectivity index (χ1v) is 4.11. The van der Waals surface area contributed by atoms with Gasteiger partial charge in [0.15, 0.2) is 0 Å². The van der Waals surface area contributed by atoms with Gasteiger partial charge in [0.25, 0.3) is 5.91 Å². The third-order valence-electron chi connectivity index (χ3n) is 2.45. The van der Waals surface area contributed by atoms with E-state index in [1.807, 2.05) is 0 Å². The maximum atomic E-state index is 11.6. The van der Waals surface area contributed by atoms with E-state index in [1.54, 1.807) is 14.0 Å². The average molecular weight is 172 g/mol. The van der Waals surface area contributed by atoms with E-state index in [4.69, 9.17) is 10.6 Å². The van der Waals surface area contributed by atoms with Crippen LogP contribution in [-0.2, 0) is 9.63 Å². The van der Waals surface area contributed by atoms with Gasteiger partial charge in [-0.1, -0.05) is 0 Å². The van der Waals surface area contributed by atoms with E-state index in [-0.39, 0.29) is 5.91 Å². The molecule has 0 aromatic carbocycles. The quantitative estimate of drug-likeness (QED) is 0.616. The number of hydrogen-bond donors (Lipinski definition) is 1. The Morgan fingerprint density at radius 2 is 2.17 bits per heavy atom. The molecule has 1 atom stereocenters. The summed E-state index contributed by atoms with van der Waals surface area (Å²) in [6.07, 6.45) is 2.10. The Labute approximate surface area is 72.6 Å². The summed E-state index contributed by atoms with van der Waals surface area (Å²) in [6.45, 7) is 1.77. The van der Waals surface area contributed by atoms with Crippen LogP contribution in [0.1, 0.15) is 19.8 Å². The average Bonchev–Trinajstić information content (AvgIpc) is 2.83. The number of nitrogens with two attached hydrogens (primary N) is 1. The van der Waals surface area contributed by atoms with Gasteiger partial charge in [-0.25, -0.2) is 5.06 Å². The number of hydrogen-bond acceptors (Lipinski definition) is 3. The Morgan fingerprint density at radius 1 is 1.67 bits per heavy atom. The molecule has 0 aromatic heterocycles. The van der Waals surface area contributed by atoms with Crippen LogP contribution < -0.4 is 5.73 Å². The molecular weight excluding hydrogens is 156 g/mol. The normalized spacial score (nSPS) is 21.7. The molecule has 1 rings (SSSR count). The van der Waals surface area contributed by atoms with E-state index < -0.39 is 5.54 Å².